The standard InChI is InChI=1S/C18H17ClN2O2/c19-14-7-5-12(6-8-14)9-17(22)20-10-13-11-21-18(23)16-4-2-1-3-15(13)16/h1-8,13H,9-11H2,(H,20,22)(H,21,23). The number of carbonyl (C=O) groups excluding carboxylic acids is 2. The Hall–Kier alpha value is -2.33. The highest BCUT2D eigenvalue weighted by Gasteiger charge is 2.24. The molecular weight excluding hydrogens is 312 g/mol. The van der Waals surface area contributed by atoms with E-state index in [-0.39, 0.29) is 17.7 Å². The Morgan fingerprint density at radius 2 is 1.91 bits per heavy atom. The van der Waals surface area contributed by atoms with E-state index in [1.165, 1.54) is 0 Å². The lowest BCUT2D eigenvalue weighted by Gasteiger charge is -2.25. The number of fused-ring (bicyclic) bond motifs is 1. The summed E-state index contributed by atoms with van der Waals surface area (Å²) >= 11 is 5.84. The maximum absolute atomic E-state index is 12.1. The van der Waals surface area contributed by atoms with Crippen molar-refractivity contribution in [3.63, 3.8) is 0 Å². The minimum atomic E-state index is -0.0515. The molecule has 3 rings (SSSR count). The predicted octanol–water partition coefficient (Wildman–Crippen LogP) is 2.53. The van der Waals surface area contributed by atoms with E-state index in [1.807, 2.05) is 36.4 Å². The number of benzene rings is 2. The van der Waals surface area contributed by atoms with Crippen molar-refractivity contribution in [1.82, 2.24) is 10.6 Å². The van der Waals surface area contributed by atoms with Gasteiger partial charge >= 0.3 is 0 Å². The second-order valence-electron chi connectivity index (χ2n) is 5.60. The first-order valence-electron chi connectivity index (χ1n) is 7.52. The molecule has 0 spiro atoms. The van der Waals surface area contributed by atoms with Crippen LogP contribution in [0.2, 0.25) is 5.02 Å². The summed E-state index contributed by atoms with van der Waals surface area (Å²) in [6.07, 6.45) is 0.317. The molecule has 0 radical (unpaired) electrons. The highest BCUT2D eigenvalue weighted by molar-refractivity contribution is 6.30. The summed E-state index contributed by atoms with van der Waals surface area (Å²) in [4.78, 5) is 23.9. The van der Waals surface area contributed by atoms with E-state index in [9.17, 15) is 9.59 Å². The molecule has 0 fully saturated rings. The van der Waals surface area contributed by atoms with Gasteiger partial charge in [0.15, 0.2) is 0 Å². The van der Waals surface area contributed by atoms with Crippen LogP contribution in [0.4, 0.5) is 0 Å². The van der Waals surface area contributed by atoms with E-state index in [0.717, 1.165) is 11.1 Å². The Balaban J connectivity index is 1.60. The van der Waals surface area contributed by atoms with E-state index in [2.05, 4.69) is 10.6 Å². The first kappa shape index (κ1) is 15.6. The maximum Gasteiger partial charge on any atom is 0.251 e. The number of hydrogen-bond acceptors (Lipinski definition) is 2. The molecule has 1 aliphatic heterocycles. The molecule has 2 amide bonds. The third kappa shape index (κ3) is 3.71. The molecule has 0 aliphatic carbocycles. The Morgan fingerprint density at radius 1 is 1.17 bits per heavy atom. The number of amides is 2. The lowest BCUT2D eigenvalue weighted by Crippen LogP contribution is -2.40. The average Bonchev–Trinajstić information content (AvgIpc) is 2.57. The van der Waals surface area contributed by atoms with Crippen molar-refractivity contribution in [2.45, 2.75) is 12.3 Å². The largest absolute Gasteiger partial charge is 0.355 e. The number of hydrogen-bond donors (Lipinski definition) is 2. The van der Waals surface area contributed by atoms with Crippen molar-refractivity contribution in [3.8, 4) is 0 Å². The van der Waals surface area contributed by atoms with Gasteiger partial charge in [0.2, 0.25) is 5.91 Å². The van der Waals surface area contributed by atoms with Gasteiger partial charge in [-0.05, 0) is 29.3 Å². The summed E-state index contributed by atoms with van der Waals surface area (Å²) in [6, 6.07) is 14.8. The predicted molar refractivity (Wildman–Crippen MR) is 89.7 cm³/mol. The molecule has 4 nitrogen and oxygen atoms in total. The van der Waals surface area contributed by atoms with E-state index in [1.54, 1.807) is 12.1 Å². The fraction of sp³-hybridized carbons (Fsp3) is 0.222. The van der Waals surface area contributed by atoms with Crippen LogP contribution < -0.4 is 10.6 Å². The molecule has 0 saturated carbocycles. The lowest BCUT2D eigenvalue weighted by atomic mass is 9.90. The van der Waals surface area contributed by atoms with Crippen LogP contribution in [0.15, 0.2) is 48.5 Å². The SMILES string of the molecule is O=C(Cc1ccc(Cl)cc1)NCC1CNC(=O)c2ccccc21. The molecule has 2 aromatic rings. The van der Waals surface area contributed by atoms with Crippen molar-refractivity contribution < 1.29 is 9.59 Å². The van der Waals surface area contributed by atoms with Crippen LogP contribution in [0.1, 0.15) is 27.4 Å². The van der Waals surface area contributed by atoms with Crippen LogP contribution in [0.3, 0.4) is 0 Å². The van der Waals surface area contributed by atoms with Crippen molar-refractivity contribution >= 4 is 23.4 Å². The summed E-state index contributed by atoms with van der Waals surface area (Å²) in [6.45, 7) is 1.04. The zero-order valence-corrected chi connectivity index (χ0v) is 13.3. The minimum Gasteiger partial charge on any atom is -0.355 e. The molecule has 2 aromatic carbocycles. The molecule has 0 bridgehead atoms. The third-order valence-electron chi connectivity index (χ3n) is 3.98. The Kier molecular flexibility index (Phi) is 4.63. The quantitative estimate of drug-likeness (QED) is 0.906. The van der Waals surface area contributed by atoms with Crippen molar-refractivity contribution in [2.24, 2.45) is 0 Å². The first-order chi connectivity index (χ1) is 11.1. The number of rotatable bonds is 4. The monoisotopic (exact) mass is 328 g/mol. The van der Waals surface area contributed by atoms with E-state index < -0.39 is 0 Å². The van der Waals surface area contributed by atoms with Gasteiger partial charge < -0.3 is 10.6 Å². The van der Waals surface area contributed by atoms with E-state index in [0.29, 0.717) is 30.1 Å². The summed E-state index contributed by atoms with van der Waals surface area (Å²) in [5.41, 5.74) is 2.60. The molecule has 1 unspecified atom stereocenters. The zero-order valence-electron chi connectivity index (χ0n) is 12.5. The Bertz CT molecular complexity index is 728. The summed E-state index contributed by atoms with van der Waals surface area (Å²) in [5.74, 6) is 0.00381. The fourth-order valence-corrected chi connectivity index (χ4v) is 2.88. The molecule has 23 heavy (non-hydrogen) atoms. The Morgan fingerprint density at radius 3 is 2.70 bits per heavy atom. The average molecular weight is 329 g/mol. The molecular formula is C18H17ClN2O2. The molecule has 5 heteroatoms. The van der Waals surface area contributed by atoms with Gasteiger partial charge in [-0.15, -0.1) is 0 Å². The molecule has 118 valence electrons. The van der Waals surface area contributed by atoms with Gasteiger partial charge in [-0.2, -0.15) is 0 Å². The van der Waals surface area contributed by atoms with Crippen molar-refractivity contribution in [1.29, 1.82) is 0 Å². The van der Waals surface area contributed by atoms with Gasteiger partial charge in [0.25, 0.3) is 5.91 Å². The van der Waals surface area contributed by atoms with Gasteiger partial charge in [-0.25, -0.2) is 0 Å². The molecule has 1 atom stereocenters. The molecule has 0 saturated heterocycles. The van der Waals surface area contributed by atoms with Gasteiger partial charge in [0, 0.05) is 29.6 Å². The van der Waals surface area contributed by atoms with Crippen LogP contribution in [-0.4, -0.2) is 24.9 Å². The summed E-state index contributed by atoms with van der Waals surface area (Å²) in [5, 5.41) is 6.47. The third-order valence-corrected chi connectivity index (χ3v) is 4.23. The molecule has 0 aromatic heterocycles. The number of nitrogens with one attached hydrogen (secondary N) is 2. The van der Waals surface area contributed by atoms with E-state index in [4.69, 9.17) is 11.6 Å². The highest BCUT2D eigenvalue weighted by Crippen LogP contribution is 2.23. The zero-order chi connectivity index (χ0) is 16.2. The lowest BCUT2D eigenvalue weighted by molar-refractivity contribution is -0.120. The second-order valence-corrected chi connectivity index (χ2v) is 6.04. The maximum atomic E-state index is 12.1. The van der Waals surface area contributed by atoms with Crippen LogP contribution in [-0.2, 0) is 11.2 Å². The fourth-order valence-electron chi connectivity index (χ4n) is 2.75. The van der Waals surface area contributed by atoms with Gasteiger partial charge in [-0.1, -0.05) is 41.9 Å². The molecule has 1 heterocycles. The van der Waals surface area contributed by atoms with E-state index >= 15 is 0 Å². The Labute approximate surface area is 139 Å². The van der Waals surface area contributed by atoms with Gasteiger partial charge in [0.05, 0.1) is 6.42 Å². The van der Waals surface area contributed by atoms with Crippen molar-refractivity contribution in [3.05, 3.63) is 70.2 Å². The van der Waals surface area contributed by atoms with Crippen LogP contribution in [0, 0.1) is 0 Å². The van der Waals surface area contributed by atoms with Crippen LogP contribution in [0.5, 0.6) is 0 Å². The summed E-state index contributed by atoms with van der Waals surface area (Å²) in [7, 11) is 0. The normalized spacial score (nSPS) is 16.4. The molecule has 1 aliphatic rings. The van der Waals surface area contributed by atoms with Crippen molar-refractivity contribution in [2.75, 3.05) is 13.1 Å². The molecule has 2 N–H and O–H groups in total. The highest BCUT2D eigenvalue weighted by atomic mass is 35.5. The number of halogens is 1. The summed E-state index contributed by atoms with van der Waals surface area (Å²) < 4.78 is 0. The topological polar surface area (TPSA) is 58.2 Å². The first-order valence-corrected chi connectivity index (χ1v) is 7.89. The van der Waals surface area contributed by atoms with Crippen LogP contribution in [0.25, 0.3) is 0 Å². The second kappa shape index (κ2) is 6.84. The number of carbonyl (C=O) groups is 2. The van der Waals surface area contributed by atoms with Crippen LogP contribution >= 0.6 is 11.6 Å². The van der Waals surface area contributed by atoms with Gasteiger partial charge in [-0.3, -0.25) is 9.59 Å². The van der Waals surface area contributed by atoms with Gasteiger partial charge in [0.1, 0.15) is 0 Å². The smallest absolute Gasteiger partial charge is 0.251 e. The minimum absolute atomic E-state index is 0.0401.